The van der Waals surface area contributed by atoms with E-state index in [0.717, 1.165) is 0 Å². The molecule has 0 fully saturated rings. The van der Waals surface area contributed by atoms with Gasteiger partial charge >= 0.3 is 5.63 Å². The number of hydrogen-bond acceptors (Lipinski definition) is 5. The van der Waals surface area contributed by atoms with Crippen molar-refractivity contribution >= 4 is 11.0 Å². The first kappa shape index (κ1) is 15.2. The molecule has 1 aromatic carbocycles. The molecule has 114 valence electrons. The summed E-state index contributed by atoms with van der Waals surface area (Å²) in [5.74, 6) is -0.00730. The molecule has 0 aliphatic heterocycles. The van der Waals surface area contributed by atoms with Crippen molar-refractivity contribution in [3.8, 4) is 17.2 Å². The van der Waals surface area contributed by atoms with Crippen LogP contribution in [0.5, 0.6) is 17.2 Å². The summed E-state index contributed by atoms with van der Waals surface area (Å²) < 4.78 is 16.4. The van der Waals surface area contributed by atoms with Gasteiger partial charge in [-0.05, 0) is 46.8 Å². The van der Waals surface area contributed by atoms with Gasteiger partial charge in [0, 0.05) is 0 Å². The van der Waals surface area contributed by atoms with E-state index >= 15 is 0 Å². The third kappa shape index (κ3) is 3.29. The van der Waals surface area contributed by atoms with Gasteiger partial charge in [0.05, 0.1) is 6.10 Å². The predicted octanol–water partition coefficient (Wildman–Crippen LogP) is 3.46. The van der Waals surface area contributed by atoms with Crippen LogP contribution in [0.1, 0.15) is 34.6 Å². The Kier molecular flexibility index (Phi) is 3.85. The van der Waals surface area contributed by atoms with Crippen molar-refractivity contribution < 1.29 is 19.0 Å². The number of benzene rings is 1. The molecule has 0 saturated heterocycles. The third-order valence-electron chi connectivity index (χ3n) is 2.60. The van der Waals surface area contributed by atoms with Crippen molar-refractivity contribution in [3.63, 3.8) is 0 Å². The fourth-order valence-corrected chi connectivity index (χ4v) is 1.94. The lowest BCUT2D eigenvalue weighted by atomic mass is 10.1. The Bertz CT molecular complexity index is 707. The summed E-state index contributed by atoms with van der Waals surface area (Å²) in [5, 5.41) is 10.7. The Hall–Kier alpha value is -2.17. The van der Waals surface area contributed by atoms with Gasteiger partial charge in [0.2, 0.25) is 5.75 Å². The lowest BCUT2D eigenvalue weighted by molar-refractivity contribution is 0.132. The van der Waals surface area contributed by atoms with Gasteiger partial charge in [-0.15, -0.1) is 0 Å². The summed E-state index contributed by atoms with van der Waals surface area (Å²) in [6.07, 6.45) is -0.257. The van der Waals surface area contributed by atoms with Crippen LogP contribution in [0.4, 0.5) is 0 Å². The fourth-order valence-electron chi connectivity index (χ4n) is 1.94. The van der Waals surface area contributed by atoms with Crippen LogP contribution >= 0.6 is 0 Å². The molecule has 0 radical (unpaired) electrons. The zero-order chi connectivity index (χ0) is 15.8. The van der Waals surface area contributed by atoms with Crippen LogP contribution in [0, 0.1) is 0 Å². The van der Waals surface area contributed by atoms with E-state index in [0.29, 0.717) is 11.1 Å². The second-order valence-electron chi connectivity index (χ2n) is 6.08. The van der Waals surface area contributed by atoms with E-state index < -0.39 is 11.2 Å². The molecule has 0 aliphatic carbocycles. The lowest BCUT2D eigenvalue weighted by Crippen LogP contribution is -2.23. The minimum absolute atomic E-state index is 0.192. The van der Waals surface area contributed by atoms with E-state index in [1.165, 1.54) is 0 Å². The van der Waals surface area contributed by atoms with Gasteiger partial charge in [0.25, 0.3) is 0 Å². The molecule has 1 N–H and O–H groups in total. The Morgan fingerprint density at radius 3 is 2.48 bits per heavy atom. The van der Waals surface area contributed by atoms with Crippen molar-refractivity contribution in [3.05, 3.63) is 28.6 Å². The molecule has 1 heterocycles. The molecule has 0 bridgehead atoms. The minimum Gasteiger partial charge on any atom is -0.503 e. The molecule has 1 aromatic heterocycles. The minimum atomic E-state index is -0.707. The second kappa shape index (κ2) is 5.31. The smallest absolute Gasteiger partial charge is 0.383 e. The van der Waals surface area contributed by atoms with E-state index in [1.807, 2.05) is 20.8 Å². The molecule has 0 amide bonds. The Labute approximate surface area is 123 Å². The second-order valence-corrected chi connectivity index (χ2v) is 6.08. The van der Waals surface area contributed by atoms with E-state index in [1.54, 1.807) is 32.0 Å². The normalized spacial score (nSPS) is 11.9. The number of aromatic hydroxyl groups is 1. The fraction of sp³-hybridized carbons (Fsp3) is 0.438. The maximum atomic E-state index is 11.9. The van der Waals surface area contributed by atoms with E-state index in [-0.39, 0.29) is 23.2 Å². The number of fused-ring (bicyclic) bond motifs is 1. The van der Waals surface area contributed by atoms with Crippen LogP contribution in [0.2, 0.25) is 0 Å². The van der Waals surface area contributed by atoms with E-state index in [4.69, 9.17) is 13.9 Å². The van der Waals surface area contributed by atoms with Crippen molar-refractivity contribution in [1.29, 1.82) is 0 Å². The maximum Gasteiger partial charge on any atom is 0.383 e. The van der Waals surface area contributed by atoms with Crippen molar-refractivity contribution in [2.24, 2.45) is 0 Å². The van der Waals surface area contributed by atoms with Gasteiger partial charge in [0.1, 0.15) is 22.3 Å². The Morgan fingerprint density at radius 2 is 1.90 bits per heavy atom. The summed E-state index contributed by atoms with van der Waals surface area (Å²) in [7, 11) is 0. The van der Waals surface area contributed by atoms with Gasteiger partial charge in [-0.2, -0.15) is 0 Å². The highest BCUT2D eigenvalue weighted by Gasteiger charge is 2.22. The highest BCUT2D eigenvalue weighted by atomic mass is 16.5. The van der Waals surface area contributed by atoms with Crippen molar-refractivity contribution in [1.82, 2.24) is 0 Å². The van der Waals surface area contributed by atoms with Crippen molar-refractivity contribution in [2.75, 3.05) is 0 Å². The van der Waals surface area contributed by atoms with Crippen LogP contribution < -0.4 is 15.1 Å². The van der Waals surface area contributed by atoms with Gasteiger partial charge in [0.15, 0.2) is 5.75 Å². The first-order chi connectivity index (χ1) is 9.69. The van der Waals surface area contributed by atoms with Crippen LogP contribution in [0.15, 0.2) is 27.4 Å². The first-order valence-corrected chi connectivity index (χ1v) is 6.83. The molecule has 21 heavy (non-hydrogen) atoms. The molecular formula is C16H20O5. The number of rotatable bonds is 3. The van der Waals surface area contributed by atoms with Crippen LogP contribution in [0.3, 0.4) is 0 Å². The van der Waals surface area contributed by atoms with Gasteiger partial charge in [-0.3, -0.25) is 0 Å². The molecule has 0 atom stereocenters. The molecule has 0 unspecified atom stereocenters. The topological polar surface area (TPSA) is 68.9 Å². The average Bonchev–Trinajstić information content (AvgIpc) is 2.32. The van der Waals surface area contributed by atoms with Gasteiger partial charge in [-0.25, -0.2) is 4.79 Å². The lowest BCUT2D eigenvalue weighted by Gasteiger charge is -2.22. The SMILES string of the molecule is CC(C)Oc1c(O)c2c(OC(C)(C)C)cccc2oc1=O. The molecular weight excluding hydrogens is 272 g/mol. The summed E-state index contributed by atoms with van der Waals surface area (Å²) in [6.45, 7) is 9.22. The largest absolute Gasteiger partial charge is 0.503 e. The highest BCUT2D eigenvalue weighted by molar-refractivity contribution is 5.91. The molecule has 5 nitrogen and oxygen atoms in total. The summed E-state index contributed by atoms with van der Waals surface area (Å²) >= 11 is 0. The molecule has 5 heteroatoms. The quantitative estimate of drug-likeness (QED) is 0.877. The van der Waals surface area contributed by atoms with Gasteiger partial charge < -0.3 is 19.0 Å². The van der Waals surface area contributed by atoms with Crippen molar-refractivity contribution in [2.45, 2.75) is 46.3 Å². The zero-order valence-electron chi connectivity index (χ0n) is 12.9. The highest BCUT2D eigenvalue weighted by Crippen LogP contribution is 2.39. The molecule has 2 rings (SSSR count). The average molecular weight is 292 g/mol. The molecule has 0 saturated carbocycles. The summed E-state index contributed by atoms with van der Waals surface area (Å²) in [4.78, 5) is 11.9. The molecule has 2 aromatic rings. The van der Waals surface area contributed by atoms with Gasteiger partial charge in [-0.1, -0.05) is 6.07 Å². The third-order valence-corrected chi connectivity index (χ3v) is 2.60. The monoisotopic (exact) mass is 292 g/mol. The molecule has 0 aliphatic rings. The van der Waals surface area contributed by atoms with E-state index in [9.17, 15) is 9.90 Å². The number of ether oxygens (including phenoxy) is 2. The van der Waals surface area contributed by atoms with Crippen LogP contribution in [0.25, 0.3) is 11.0 Å². The standard InChI is InChI=1S/C16H20O5/c1-9(2)19-14-13(17)12-10(20-15(14)18)7-6-8-11(12)21-16(3,4)5/h6-9,17H,1-5H3. The molecule has 0 spiro atoms. The summed E-state index contributed by atoms with van der Waals surface area (Å²) in [5.41, 5.74) is -0.896. The number of hydrogen-bond donors (Lipinski definition) is 1. The summed E-state index contributed by atoms with van der Waals surface area (Å²) in [6, 6.07) is 5.02. The van der Waals surface area contributed by atoms with E-state index in [2.05, 4.69) is 0 Å². The van der Waals surface area contributed by atoms with Crippen LogP contribution in [-0.4, -0.2) is 16.8 Å². The zero-order valence-corrected chi connectivity index (χ0v) is 12.9. The first-order valence-electron chi connectivity index (χ1n) is 6.83. The van der Waals surface area contributed by atoms with Crippen LogP contribution in [-0.2, 0) is 0 Å². The predicted molar refractivity (Wildman–Crippen MR) is 80.3 cm³/mol. The Morgan fingerprint density at radius 1 is 1.24 bits per heavy atom. The Balaban J connectivity index is 2.70. The maximum absolute atomic E-state index is 11.9.